The maximum Gasteiger partial charge on any atom is 0.153 e. The minimum atomic E-state index is 0.855. The molecule has 0 fully saturated rings. The minimum absolute atomic E-state index is 0.855. The molecule has 340 valence electrons. The van der Waals surface area contributed by atoms with Crippen LogP contribution in [0.3, 0.4) is 0 Å². The number of rotatable bonds is 0. The number of benzene rings is 5. The van der Waals surface area contributed by atoms with Crippen LogP contribution in [0.4, 0.5) is 0 Å². The molecule has 15 aromatic rings. The van der Waals surface area contributed by atoms with E-state index in [0.29, 0.717) is 0 Å². The van der Waals surface area contributed by atoms with E-state index in [1.54, 1.807) is 41.3 Å². The predicted molar refractivity (Wildman–Crippen MR) is 292 cm³/mol. The van der Waals surface area contributed by atoms with E-state index in [1.807, 2.05) is 92.8 Å². The quantitative estimate of drug-likeness (QED) is 0.148. The molecule has 0 amide bonds. The molecule has 8 nitrogen and oxygen atoms in total. The van der Waals surface area contributed by atoms with E-state index in [4.69, 9.17) is 13.3 Å². The second kappa shape index (κ2) is 19.0. The van der Waals surface area contributed by atoms with Crippen LogP contribution in [-0.4, -0.2) is 24.9 Å². The van der Waals surface area contributed by atoms with E-state index in [0.717, 1.165) is 87.1 Å². The maximum absolute atomic E-state index is 5.72. The van der Waals surface area contributed by atoms with Crippen molar-refractivity contribution in [3.63, 3.8) is 0 Å². The zero-order valence-electron chi connectivity index (χ0n) is 39.1. The van der Waals surface area contributed by atoms with Crippen LogP contribution in [0, 0.1) is 34.6 Å². The maximum atomic E-state index is 5.72. The molecule has 70 heavy (non-hydrogen) atoms. The van der Waals surface area contributed by atoms with Gasteiger partial charge in [0.15, 0.2) is 16.7 Å². The van der Waals surface area contributed by atoms with Crippen molar-refractivity contribution in [2.45, 2.75) is 34.6 Å². The Balaban J connectivity index is 0.0000000952. The fourth-order valence-electron chi connectivity index (χ4n) is 8.59. The summed E-state index contributed by atoms with van der Waals surface area (Å²) in [5.41, 5.74) is 14.1. The summed E-state index contributed by atoms with van der Waals surface area (Å²) in [6.07, 6.45) is 7.30. The Labute approximate surface area is 410 Å². The summed E-state index contributed by atoms with van der Waals surface area (Å²) in [4.78, 5) is 24.2. The van der Waals surface area contributed by atoms with E-state index in [2.05, 4.69) is 131 Å². The second-order valence-electron chi connectivity index (χ2n) is 17.2. The van der Waals surface area contributed by atoms with Crippen LogP contribution >= 0.6 is 22.7 Å². The molecule has 10 heteroatoms. The Bertz CT molecular complexity index is 4100. The molecule has 10 aromatic heterocycles. The summed E-state index contributed by atoms with van der Waals surface area (Å²) >= 11 is 3.52. The molecule has 15 rings (SSSR count). The number of fused-ring (bicyclic) bond motifs is 15. The Morgan fingerprint density at radius 3 is 1.64 bits per heavy atom. The molecule has 0 atom stereocenters. The Hall–Kier alpha value is -8.31. The third-order valence-electron chi connectivity index (χ3n) is 12.0. The van der Waals surface area contributed by atoms with Gasteiger partial charge in [0.2, 0.25) is 0 Å². The summed E-state index contributed by atoms with van der Waals surface area (Å²) in [5, 5.41) is 8.48. The zero-order chi connectivity index (χ0) is 47.7. The first kappa shape index (κ1) is 44.2. The van der Waals surface area contributed by atoms with Gasteiger partial charge in [-0.2, -0.15) is 0 Å². The SMILES string of the molecule is Cc1ccc2c(c1)oc1cccnc12.Cc1ccc2c(n1)sc1ccccc12.Cc1ccc2oc3cccnc3c2c1.Cc1cccc2c1oc1cccnc12.Cc1cnc2sc3ccccc3c2c1. The highest BCUT2D eigenvalue weighted by atomic mass is 32.1. The monoisotopic (exact) mass is 947 g/mol. The summed E-state index contributed by atoms with van der Waals surface area (Å²) in [6.45, 7) is 10.3. The molecule has 0 aliphatic carbocycles. The van der Waals surface area contributed by atoms with Crippen molar-refractivity contribution in [3.05, 3.63) is 210 Å². The molecule has 0 aliphatic heterocycles. The second-order valence-corrected chi connectivity index (χ2v) is 19.2. The van der Waals surface area contributed by atoms with Crippen LogP contribution in [0.5, 0.6) is 0 Å². The first-order valence-electron chi connectivity index (χ1n) is 22.9. The van der Waals surface area contributed by atoms with Gasteiger partial charge in [-0.25, -0.2) is 9.97 Å². The number of para-hydroxylation sites is 1. The number of furan rings is 3. The lowest BCUT2D eigenvalue weighted by Crippen LogP contribution is -1.76. The van der Waals surface area contributed by atoms with Crippen molar-refractivity contribution in [2.75, 3.05) is 0 Å². The van der Waals surface area contributed by atoms with Crippen LogP contribution < -0.4 is 0 Å². The first-order chi connectivity index (χ1) is 34.2. The number of pyridine rings is 5. The molecular formula is C60H45N5O3S2. The number of thiophene rings is 2. The average molecular weight is 948 g/mol. The van der Waals surface area contributed by atoms with Crippen LogP contribution in [0.1, 0.15) is 27.9 Å². The summed E-state index contributed by atoms with van der Waals surface area (Å²) < 4.78 is 19.7. The molecule has 10 heterocycles. The highest BCUT2D eigenvalue weighted by molar-refractivity contribution is 7.25. The number of hydrogen-bond donors (Lipinski definition) is 0. The lowest BCUT2D eigenvalue weighted by molar-refractivity contribution is 0.665. The third kappa shape index (κ3) is 8.82. The smallest absolute Gasteiger partial charge is 0.153 e. The Morgan fingerprint density at radius 2 is 0.914 bits per heavy atom. The minimum Gasteiger partial charge on any atom is -0.454 e. The predicted octanol–water partition coefficient (Wildman–Crippen LogP) is 17.4. The molecule has 0 bridgehead atoms. The molecule has 0 saturated heterocycles. The van der Waals surface area contributed by atoms with Gasteiger partial charge in [0, 0.05) is 77.6 Å². The lowest BCUT2D eigenvalue weighted by Gasteiger charge is -1.92. The van der Waals surface area contributed by atoms with Crippen molar-refractivity contribution in [2.24, 2.45) is 0 Å². The van der Waals surface area contributed by atoms with Crippen LogP contribution in [-0.2, 0) is 0 Å². The van der Waals surface area contributed by atoms with Gasteiger partial charge in [0.1, 0.15) is 43.0 Å². The van der Waals surface area contributed by atoms with Crippen LogP contribution in [0.25, 0.3) is 107 Å². The summed E-state index contributed by atoms with van der Waals surface area (Å²) in [7, 11) is 0. The highest BCUT2D eigenvalue weighted by Gasteiger charge is 2.10. The largest absolute Gasteiger partial charge is 0.454 e. The zero-order valence-corrected chi connectivity index (χ0v) is 40.7. The number of aryl methyl sites for hydroxylation is 5. The van der Waals surface area contributed by atoms with E-state index in [1.165, 1.54) is 47.6 Å². The third-order valence-corrected chi connectivity index (χ3v) is 14.1. The molecule has 0 saturated carbocycles. The van der Waals surface area contributed by atoms with Gasteiger partial charge in [-0.3, -0.25) is 15.0 Å². The van der Waals surface area contributed by atoms with E-state index >= 15 is 0 Å². The highest BCUT2D eigenvalue weighted by Crippen LogP contribution is 2.34. The number of aromatic nitrogens is 5. The Morgan fingerprint density at radius 1 is 0.357 bits per heavy atom. The van der Waals surface area contributed by atoms with Crippen molar-refractivity contribution in [1.29, 1.82) is 0 Å². The lowest BCUT2D eigenvalue weighted by atomic mass is 10.1. The van der Waals surface area contributed by atoms with Gasteiger partial charge in [-0.1, -0.05) is 66.2 Å². The molecule has 0 N–H and O–H groups in total. The summed E-state index contributed by atoms with van der Waals surface area (Å²) in [6, 6.07) is 53.3. The molecule has 5 aromatic carbocycles. The van der Waals surface area contributed by atoms with Crippen LogP contribution in [0.2, 0.25) is 0 Å². The van der Waals surface area contributed by atoms with E-state index < -0.39 is 0 Å². The molecule has 0 unspecified atom stereocenters. The first-order valence-corrected chi connectivity index (χ1v) is 24.6. The van der Waals surface area contributed by atoms with Crippen LogP contribution in [0.15, 0.2) is 196 Å². The normalized spacial score (nSPS) is 11.2. The van der Waals surface area contributed by atoms with Gasteiger partial charge >= 0.3 is 0 Å². The van der Waals surface area contributed by atoms with Gasteiger partial charge in [-0.05, 0) is 148 Å². The van der Waals surface area contributed by atoms with Gasteiger partial charge in [0.05, 0.1) is 0 Å². The summed E-state index contributed by atoms with van der Waals surface area (Å²) in [5.74, 6) is 0. The Kier molecular flexibility index (Phi) is 12.0. The van der Waals surface area contributed by atoms with Gasteiger partial charge < -0.3 is 13.3 Å². The van der Waals surface area contributed by atoms with Gasteiger partial charge in [-0.15, -0.1) is 22.7 Å². The van der Waals surface area contributed by atoms with Crippen molar-refractivity contribution in [1.82, 2.24) is 24.9 Å². The van der Waals surface area contributed by atoms with E-state index in [9.17, 15) is 0 Å². The van der Waals surface area contributed by atoms with E-state index in [-0.39, 0.29) is 0 Å². The molecule has 0 aliphatic rings. The van der Waals surface area contributed by atoms with Crippen molar-refractivity contribution >= 4 is 129 Å². The standard InChI is InChI=1S/3C12H9NO.2C12H9NS/c1-8-4-2-5-9-11-10(14-12(8)9)6-3-7-13-11;1-8-4-5-10-9(7-8)12-11(14-10)3-2-6-13-12;1-8-4-5-9-11(7-8)14-10-3-2-6-13-12(9)10;1-8-6-10-9-4-2-3-5-11(9)14-12(10)13-7-8;1-8-6-7-10-9-4-2-3-5-11(9)14-12(10)13-8/h5*2-7H,1H3. The fourth-order valence-corrected chi connectivity index (χ4v) is 10.7. The molecule has 0 spiro atoms. The fraction of sp³-hybridized carbons (Fsp3) is 0.0833. The number of nitrogens with zero attached hydrogens (tertiary/aromatic N) is 5. The van der Waals surface area contributed by atoms with Gasteiger partial charge in [0.25, 0.3) is 0 Å². The number of hydrogen-bond acceptors (Lipinski definition) is 10. The molecule has 0 radical (unpaired) electrons. The van der Waals surface area contributed by atoms with Crippen molar-refractivity contribution in [3.8, 4) is 0 Å². The average Bonchev–Trinajstić information content (AvgIpc) is 4.21. The van der Waals surface area contributed by atoms with Crippen molar-refractivity contribution < 1.29 is 13.3 Å². The topological polar surface area (TPSA) is 104 Å². The molecular weight excluding hydrogens is 903 g/mol.